The van der Waals surface area contributed by atoms with Gasteiger partial charge in [-0.2, -0.15) is 0 Å². The number of methoxy groups -OCH3 is 1. The highest BCUT2D eigenvalue weighted by molar-refractivity contribution is 5.76. The van der Waals surface area contributed by atoms with E-state index in [0.717, 1.165) is 28.6 Å². The molecular formula is C29H28F2N2O4. The molecule has 4 rings (SSSR count). The van der Waals surface area contributed by atoms with E-state index >= 15 is 0 Å². The first-order valence-corrected chi connectivity index (χ1v) is 11.9. The Bertz CT molecular complexity index is 1320. The summed E-state index contributed by atoms with van der Waals surface area (Å²) in [7, 11) is 1.30. The lowest BCUT2D eigenvalue weighted by Crippen LogP contribution is -2.39. The van der Waals surface area contributed by atoms with E-state index in [9.17, 15) is 13.6 Å². The Kier molecular flexibility index (Phi) is 8.64. The maximum Gasteiger partial charge on any atom is 0.323 e. The van der Waals surface area contributed by atoms with E-state index in [-0.39, 0.29) is 12.1 Å². The number of aromatic nitrogens is 1. The molecule has 6 nitrogen and oxygen atoms in total. The molecule has 0 spiro atoms. The van der Waals surface area contributed by atoms with E-state index in [1.165, 1.54) is 19.2 Å². The fourth-order valence-corrected chi connectivity index (χ4v) is 3.87. The van der Waals surface area contributed by atoms with Crippen LogP contribution in [0.5, 0.6) is 5.75 Å². The van der Waals surface area contributed by atoms with Crippen molar-refractivity contribution in [2.45, 2.75) is 32.4 Å². The number of rotatable bonds is 11. The molecule has 1 heterocycles. The minimum absolute atomic E-state index is 0.0561. The van der Waals surface area contributed by atoms with Crippen molar-refractivity contribution in [1.82, 2.24) is 10.3 Å². The summed E-state index contributed by atoms with van der Waals surface area (Å²) in [5.41, 5.74) is 2.91. The first-order valence-electron chi connectivity index (χ1n) is 11.9. The number of carbonyl (C=O) groups excluding carboxylic acids is 1. The van der Waals surface area contributed by atoms with Gasteiger partial charge in [-0.3, -0.25) is 10.1 Å². The van der Waals surface area contributed by atoms with Crippen LogP contribution in [0.1, 0.15) is 22.6 Å². The van der Waals surface area contributed by atoms with Crippen LogP contribution in [0.25, 0.3) is 11.5 Å². The van der Waals surface area contributed by atoms with Crippen molar-refractivity contribution in [3.05, 3.63) is 107 Å². The number of benzene rings is 3. The number of oxazole rings is 1. The summed E-state index contributed by atoms with van der Waals surface area (Å²) < 4.78 is 43.7. The van der Waals surface area contributed by atoms with Crippen molar-refractivity contribution >= 4 is 5.97 Å². The van der Waals surface area contributed by atoms with Gasteiger partial charge in [-0.25, -0.2) is 13.8 Å². The molecule has 8 heteroatoms. The quantitative estimate of drug-likeness (QED) is 0.274. The number of carbonyl (C=O) groups is 1. The summed E-state index contributed by atoms with van der Waals surface area (Å²) in [6.07, 6.45) is 0.925. The zero-order valence-corrected chi connectivity index (χ0v) is 20.7. The van der Waals surface area contributed by atoms with Gasteiger partial charge in [0, 0.05) is 30.2 Å². The molecule has 0 amide bonds. The van der Waals surface area contributed by atoms with Gasteiger partial charge >= 0.3 is 5.97 Å². The Morgan fingerprint density at radius 1 is 1.05 bits per heavy atom. The highest BCUT2D eigenvalue weighted by Gasteiger charge is 2.20. The van der Waals surface area contributed by atoms with Crippen LogP contribution in [-0.4, -0.2) is 30.7 Å². The molecule has 0 aliphatic carbocycles. The fraction of sp³-hybridized carbons (Fsp3) is 0.241. The zero-order valence-electron chi connectivity index (χ0n) is 20.7. The maximum atomic E-state index is 13.9. The Hall–Kier alpha value is -4.04. The Balaban J connectivity index is 1.31. The molecule has 1 atom stereocenters. The van der Waals surface area contributed by atoms with Crippen LogP contribution in [0.3, 0.4) is 0 Å². The van der Waals surface area contributed by atoms with Gasteiger partial charge in [0.2, 0.25) is 5.89 Å². The SMILES string of the molecule is COC(=O)[C@H](Cc1ccc(OCCc2nc(-c3ccccc3)oc2C)cc1)NCc1ccc(F)cc1F. The van der Waals surface area contributed by atoms with Crippen LogP contribution >= 0.6 is 0 Å². The van der Waals surface area contributed by atoms with E-state index in [1.807, 2.05) is 61.5 Å². The molecule has 0 aliphatic rings. The van der Waals surface area contributed by atoms with Crippen LogP contribution in [0, 0.1) is 18.6 Å². The third kappa shape index (κ3) is 7.01. The number of hydrogen-bond acceptors (Lipinski definition) is 6. The number of ether oxygens (including phenoxy) is 2. The second kappa shape index (κ2) is 12.3. The number of nitrogens with one attached hydrogen (secondary N) is 1. The number of esters is 1. The molecule has 0 radical (unpaired) electrons. The van der Waals surface area contributed by atoms with Gasteiger partial charge in [-0.1, -0.05) is 36.4 Å². The normalized spacial score (nSPS) is 11.8. The van der Waals surface area contributed by atoms with Crippen molar-refractivity contribution in [1.29, 1.82) is 0 Å². The van der Waals surface area contributed by atoms with Crippen LogP contribution in [0.15, 0.2) is 77.2 Å². The van der Waals surface area contributed by atoms with Gasteiger partial charge in [-0.15, -0.1) is 0 Å². The van der Waals surface area contributed by atoms with E-state index in [4.69, 9.17) is 13.9 Å². The van der Waals surface area contributed by atoms with E-state index in [2.05, 4.69) is 10.3 Å². The summed E-state index contributed by atoms with van der Waals surface area (Å²) in [6.45, 7) is 2.37. The monoisotopic (exact) mass is 506 g/mol. The minimum atomic E-state index is -0.699. The molecule has 3 aromatic carbocycles. The fourth-order valence-electron chi connectivity index (χ4n) is 3.87. The van der Waals surface area contributed by atoms with E-state index < -0.39 is 23.6 Å². The topological polar surface area (TPSA) is 73.6 Å². The molecule has 192 valence electrons. The van der Waals surface area contributed by atoms with Crippen molar-refractivity contribution in [3.63, 3.8) is 0 Å². The Morgan fingerprint density at radius 3 is 2.51 bits per heavy atom. The van der Waals surface area contributed by atoms with Crippen LogP contribution in [-0.2, 0) is 28.9 Å². The second-order valence-electron chi connectivity index (χ2n) is 8.53. The van der Waals surface area contributed by atoms with Crippen molar-refractivity contribution in [2.24, 2.45) is 0 Å². The standard InChI is InChI=1S/C29H28F2N2O4/c1-19-26(33-28(37-19)21-6-4-3-5-7-21)14-15-36-24-12-8-20(9-13-24)16-27(29(34)35-2)32-18-22-10-11-23(30)17-25(22)31/h3-13,17,27,32H,14-16,18H2,1-2H3/t27-/m0/s1. The van der Waals surface area contributed by atoms with Gasteiger partial charge in [0.25, 0.3) is 0 Å². The highest BCUT2D eigenvalue weighted by atomic mass is 19.1. The van der Waals surface area contributed by atoms with Crippen molar-refractivity contribution < 1.29 is 27.5 Å². The third-order valence-corrected chi connectivity index (χ3v) is 5.92. The lowest BCUT2D eigenvalue weighted by atomic mass is 10.1. The number of aryl methyl sites for hydroxylation is 1. The zero-order chi connectivity index (χ0) is 26.2. The van der Waals surface area contributed by atoms with Gasteiger partial charge < -0.3 is 13.9 Å². The van der Waals surface area contributed by atoms with Crippen LogP contribution in [0.4, 0.5) is 8.78 Å². The molecule has 0 fully saturated rings. The summed E-state index contributed by atoms with van der Waals surface area (Å²) in [5, 5.41) is 3.00. The smallest absolute Gasteiger partial charge is 0.323 e. The molecule has 0 saturated heterocycles. The maximum absolute atomic E-state index is 13.9. The molecule has 0 unspecified atom stereocenters. The number of hydrogen-bond donors (Lipinski definition) is 1. The van der Waals surface area contributed by atoms with Gasteiger partial charge in [0.1, 0.15) is 29.2 Å². The first kappa shape index (κ1) is 26.0. The second-order valence-corrected chi connectivity index (χ2v) is 8.53. The summed E-state index contributed by atoms with van der Waals surface area (Å²) in [5.74, 6) is 0.244. The van der Waals surface area contributed by atoms with Gasteiger partial charge in [0.15, 0.2) is 0 Å². The van der Waals surface area contributed by atoms with E-state index in [1.54, 1.807) is 0 Å². The Morgan fingerprint density at radius 2 is 1.81 bits per heavy atom. The lowest BCUT2D eigenvalue weighted by molar-refractivity contribution is -0.143. The summed E-state index contributed by atoms with van der Waals surface area (Å²) in [4.78, 5) is 16.9. The van der Waals surface area contributed by atoms with Crippen LogP contribution in [0.2, 0.25) is 0 Å². The average Bonchev–Trinajstić information content (AvgIpc) is 3.28. The molecule has 0 aliphatic heterocycles. The summed E-state index contributed by atoms with van der Waals surface area (Å²) in [6, 6.07) is 19.8. The lowest BCUT2D eigenvalue weighted by Gasteiger charge is -2.17. The summed E-state index contributed by atoms with van der Waals surface area (Å²) >= 11 is 0. The highest BCUT2D eigenvalue weighted by Crippen LogP contribution is 2.22. The first-order chi connectivity index (χ1) is 17.9. The largest absolute Gasteiger partial charge is 0.493 e. The van der Waals surface area contributed by atoms with Crippen LogP contribution < -0.4 is 10.1 Å². The predicted octanol–water partition coefficient (Wildman–Crippen LogP) is 5.42. The van der Waals surface area contributed by atoms with Gasteiger partial charge in [-0.05, 0) is 49.2 Å². The van der Waals surface area contributed by atoms with Crippen molar-refractivity contribution in [3.8, 4) is 17.2 Å². The molecule has 37 heavy (non-hydrogen) atoms. The molecule has 1 aromatic heterocycles. The average molecular weight is 507 g/mol. The molecular weight excluding hydrogens is 478 g/mol. The Labute approximate surface area is 214 Å². The molecule has 1 N–H and O–H groups in total. The number of nitrogens with zero attached hydrogens (tertiary/aromatic N) is 1. The molecule has 0 bridgehead atoms. The minimum Gasteiger partial charge on any atom is -0.493 e. The number of halogens is 2. The third-order valence-electron chi connectivity index (χ3n) is 5.92. The predicted molar refractivity (Wildman–Crippen MR) is 135 cm³/mol. The van der Waals surface area contributed by atoms with Gasteiger partial charge in [0.05, 0.1) is 19.4 Å². The van der Waals surface area contributed by atoms with Crippen molar-refractivity contribution in [2.75, 3.05) is 13.7 Å². The van der Waals surface area contributed by atoms with E-state index in [0.29, 0.717) is 31.1 Å². The molecule has 0 saturated carbocycles. The molecule has 4 aromatic rings.